The Morgan fingerprint density at radius 2 is 1.82 bits per heavy atom. The largest absolute Gasteiger partial charge is 0.444 e. The SMILES string of the molecule is O=C(Cc1coc(-c2ccccc2)n1)Nc1ccccc1Br. The van der Waals surface area contributed by atoms with Crippen molar-refractivity contribution in [3.8, 4) is 11.5 Å². The van der Waals surface area contributed by atoms with E-state index >= 15 is 0 Å². The quantitative estimate of drug-likeness (QED) is 0.758. The molecule has 0 radical (unpaired) electrons. The summed E-state index contributed by atoms with van der Waals surface area (Å²) in [5, 5.41) is 2.84. The monoisotopic (exact) mass is 356 g/mol. The van der Waals surface area contributed by atoms with E-state index in [9.17, 15) is 4.79 Å². The van der Waals surface area contributed by atoms with Crippen LogP contribution >= 0.6 is 15.9 Å². The van der Waals surface area contributed by atoms with Crippen molar-refractivity contribution >= 4 is 27.5 Å². The molecule has 3 aromatic rings. The van der Waals surface area contributed by atoms with E-state index in [2.05, 4.69) is 26.2 Å². The maximum absolute atomic E-state index is 12.1. The van der Waals surface area contributed by atoms with Crippen LogP contribution in [0.3, 0.4) is 0 Å². The van der Waals surface area contributed by atoms with Gasteiger partial charge in [0.1, 0.15) is 6.26 Å². The van der Waals surface area contributed by atoms with Gasteiger partial charge in [0.05, 0.1) is 17.8 Å². The van der Waals surface area contributed by atoms with Crippen molar-refractivity contribution in [3.63, 3.8) is 0 Å². The summed E-state index contributed by atoms with van der Waals surface area (Å²) in [6, 6.07) is 17.1. The minimum atomic E-state index is -0.139. The Bertz CT molecular complexity index is 784. The second kappa shape index (κ2) is 6.58. The maximum atomic E-state index is 12.1. The van der Waals surface area contributed by atoms with Gasteiger partial charge in [-0.25, -0.2) is 4.98 Å². The Balaban J connectivity index is 1.68. The summed E-state index contributed by atoms with van der Waals surface area (Å²) < 4.78 is 6.27. The first-order chi connectivity index (χ1) is 10.7. The Hall–Kier alpha value is -2.40. The van der Waals surface area contributed by atoms with Gasteiger partial charge in [0.15, 0.2) is 0 Å². The number of carbonyl (C=O) groups excluding carboxylic acids is 1. The van der Waals surface area contributed by atoms with Crippen LogP contribution in [0.25, 0.3) is 11.5 Å². The third kappa shape index (κ3) is 3.43. The topological polar surface area (TPSA) is 55.1 Å². The van der Waals surface area contributed by atoms with Crippen molar-refractivity contribution in [2.75, 3.05) is 5.32 Å². The number of nitrogens with zero attached hydrogens (tertiary/aromatic N) is 1. The predicted octanol–water partition coefficient (Wildman–Crippen LogP) is 4.29. The van der Waals surface area contributed by atoms with Crippen molar-refractivity contribution in [1.29, 1.82) is 0 Å². The van der Waals surface area contributed by atoms with Gasteiger partial charge >= 0.3 is 0 Å². The van der Waals surface area contributed by atoms with Crippen molar-refractivity contribution in [3.05, 3.63) is 71.0 Å². The average Bonchev–Trinajstić information content (AvgIpc) is 2.99. The number of benzene rings is 2. The molecule has 4 nitrogen and oxygen atoms in total. The van der Waals surface area contributed by atoms with Gasteiger partial charge in [0.25, 0.3) is 0 Å². The van der Waals surface area contributed by atoms with Crippen LogP contribution in [0, 0.1) is 0 Å². The highest BCUT2D eigenvalue weighted by Crippen LogP contribution is 2.22. The summed E-state index contributed by atoms with van der Waals surface area (Å²) in [4.78, 5) is 16.4. The highest BCUT2D eigenvalue weighted by atomic mass is 79.9. The fraction of sp³-hybridized carbons (Fsp3) is 0.0588. The zero-order chi connectivity index (χ0) is 15.4. The Labute approximate surface area is 136 Å². The Morgan fingerprint density at radius 1 is 1.09 bits per heavy atom. The summed E-state index contributed by atoms with van der Waals surface area (Å²) in [5.74, 6) is 0.379. The van der Waals surface area contributed by atoms with E-state index in [-0.39, 0.29) is 12.3 Å². The van der Waals surface area contributed by atoms with Gasteiger partial charge in [-0.15, -0.1) is 0 Å². The van der Waals surface area contributed by atoms with Gasteiger partial charge in [-0.05, 0) is 40.2 Å². The van der Waals surface area contributed by atoms with Gasteiger partial charge in [-0.2, -0.15) is 0 Å². The first-order valence-corrected chi connectivity index (χ1v) is 7.56. The fourth-order valence-corrected chi connectivity index (χ4v) is 2.41. The number of para-hydroxylation sites is 1. The zero-order valence-electron chi connectivity index (χ0n) is 11.6. The van der Waals surface area contributed by atoms with Crippen LogP contribution < -0.4 is 5.32 Å². The smallest absolute Gasteiger partial charge is 0.230 e. The summed E-state index contributed by atoms with van der Waals surface area (Å²) in [6.07, 6.45) is 1.68. The van der Waals surface area contributed by atoms with Gasteiger partial charge in [0, 0.05) is 10.0 Å². The van der Waals surface area contributed by atoms with Gasteiger partial charge in [-0.3, -0.25) is 4.79 Å². The molecule has 0 aliphatic rings. The van der Waals surface area contributed by atoms with E-state index in [4.69, 9.17) is 4.42 Å². The lowest BCUT2D eigenvalue weighted by Gasteiger charge is -2.05. The van der Waals surface area contributed by atoms with E-state index in [0.717, 1.165) is 15.7 Å². The van der Waals surface area contributed by atoms with E-state index in [1.807, 2.05) is 54.6 Å². The van der Waals surface area contributed by atoms with Crippen molar-refractivity contribution in [1.82, 2.24) is 4.98 Å². The molecule has 22 heavy (non-hydrogen) atoms. The maximum Gasteiger partial charge on any atom is 0.230 e. The molecule has 0 aliphatic heterocycles. The lowest BCUT2D eigenvalue weighted by Crippen LogP contribution is -2.14. The normalized spacial score (nSPS) is 10.4. The molecule has 1 aromatic heterocycles. The zero-order valence-corrected chi connectivity index (χ0v) is 13.2. The molecule has 0 fully saturated rings. The molecule has 2 aromatic carbocycles. The molecule has 1 N–H and O–H groups in total. The third-order valence-corrected chi connectivity index (χ3v) is 3.75. The van der Waals surface area contributed by atoms with Crippen LogP contribution in [-0.4, -0.2) is 10.9 Å². The van der Waals surface area contributed by atoms with Gasteiger partial charge in [-0.1, -0.05) is 30.3 Å². The van der Waals surface area contributed by atoms with Crippen LogP contribution in [0.15, 0.2) is 69.8 Å². The standard InChI is InChI=1S/C17H13BrN2O2/c18-14-8-4-5-9-15(14)20-16(21)10-13-11-22-17(19-13)12-6-2-1-3-7-12/h1-9,11H,10H2,(H,20,21). The second-order valence-electron chi connectivity index (χ2n) is 4.71. The lowest BCUT2D eigenvalue weighted by molar-refractivity contribution is -0.115. The lowest BCUT2D eigenvalue weighted by atomic mass is 10.2. The van der Waals surface area contributed by atoms with Crippen molar-refractivity contribution < 1.29 is 9.21 Å². The highest BCUT2D eigenvalue weighted by Gasteiger charge is 2.11. The van der Waals surface area contributed by atoms with Crippen molar-refractivity contribution in [2.45, 2.75) is 6.42 Å². The molecule has 1 heterocycles. The second-order valence-corrected chi connectivity index (χ2v) is 5.57. The van der Waals surface area contributed by atoms with Crippen LogP contribution in [0.4, 0.5) is 5.69 Å². The number of oxazole rings is 1. The Kier molecular flexibility index (Phi) is 4.34. The van der Waals surface area contributed by atoms with E-state index in [0.29, 0.717) is 11.6 Å². The fourth-order valence-electron chi connectivity index (χ4n) is 2.02. The molecule has 0 atom stereocenters. The van der Waals surface area contributed by atoms with Crippen LogP contribution in [-0.2, 0) is 11.2 Å². The van der Waals surface area contributed by atoms with Gasteiger partial charge < -0.3 is 9.73 Å². The van der Waals surface area contributed by atoms with Crippen LogP contribution in [0.1, 0.15) is 5.69 Å². The molecule has 0 saturated heterocycles. The van der Waals surface area contributed by atoms with E-state index in [1.54, 1.807) is 0 Å². The minimum absolute atomic E-state index is 0.139. The predicted molar refractivity (Wildman–Crippen MR) is 88.4 cm³/mol. The summed E-state index contributed by atoms with van der Waals surface area (Å²) in [5.41, 5.74) is 2.22. The van der Waals surface area contributed by atoms with E-state index < -0.39 is 0 Å². The first kappa shape index (κ1) is 14.5. The molecule has 0 unspecified atom stereocenters. The molecule has 0 saturated carbocycles. The number of carbonyl (C=O) groups is 1. The van der Waals surface area contributed by atoms with Crippen LogP contribution in [0.5, 0.6) is 0 Å². The Morgan fingerprint density at radius 3 is 2.59 bits per heavy atom. The number of amides is 1. The third-order valence-electron chi connectivity index (χ3n) is 3.06. The number of aromatic nitrogens is 1. The summed E-state index contributed by atoms with van der Waals surface area (Å²) in [7, 11) is 0. The molecular formula is C17H13BrN2O2. The number of hydrogen-bond donors (Lipinski definition) is 1. The summed E-state index contributed by atoms with van der Waals surface area (Å²) >= 11 is 3.40. The summed E-state index contributed by atoms with van der Waals surface area (Å²) in [6.45, 7) is 0. The first-order valence-electron chi connectivity index (χ1n) is 6.76. The molecule has 0 spiro atoms. The number of anilines is 1. The number of nitrogens with one attached hydrogen (secondary N) is 1. The van der Waals surface area contributed by atoms with Gasteiger partial charge in [0.2, 0.25) is 11.8 Å². The molecule has 0 bridgehead atoms. The number of hydrogen-bond acceptors (Lipinski definition) is 3. The number of rotatable bonds is 4. The average molecular weight is 357 g/mol. The van der Waals surface area contributed by atoms with Crippen molar-refractivity contribution in [2.24, 2.45) is 0 Å². The molecule has 0 aliphatic carbocycles. The molecule has 1 amide bonds. The minimum Gasteiger partial charge on any atom is -0.444 e. The molecule has 3 rings (SSSR count). The van der Waals surface area contributed by atoms with Crippen LogP contribution in [0.2, 0.25) is 0 Å². The molecule has 110 valence electrons. The van der Waals surface area contributed by atoms with E-state index in [1.165, 1.54) is 6.26 Å². The highest BCUT2D eigenvalue weighted by molar-refractivity contribution is 9.10. The molecule has 5 heteroatoms. The molecular weight excluding hydrogens is 344 g/mol. The number of halogens is 1.